The fourth-order valence-electron chi connectivity index (χ4n) is 2.34. The number of anilines is 1. The first-order valence-corrected chi connectivity index (χ1v) is 9.99. The van der Waals surface area contributed by atoms with Gasteiger partial charge in [-0.3, -0.25) is 4.79 Å². The first kappa shape index (κ1) is 20.6. The molecule has 0 spiro atoms. The van der Waals surface area contributed by atoms with Gasteiger partial charge in [0.2, 0.25) is 5.91 Å². The molecule has 24 heavy (non-hydrogen) atoms. The highest BCUT2D eigenvalue weighted by Crippen LogP contribution is 2.27. The summed E-state index contributed by atoms with van der Waals surface area (Å²) in [5, 5.41) is 2.89. The lowest BCUT2D eigenvalue weighted by Crippen LogP contribution is -2.41. The number of carbonyl (C=O) groups excluding carboxylic acids is 1. The van der Waals surface area contributed by atoms with Gasteiger partial charge >= 0.3 is 0 Å². The third-order valence-electron chi connectivity index (χ3n) is 4.73. The molecule has 0 radical (unpaired) electrons. The molecule has 1 aromatic rings. The van der Waals surface area contributed by atoms with Crippen molar-refractivity contribution in [3.05, 3.63) is 29.8 Å². The van der Waals surface area contributed by atoms with E-state index < -0.39 is 20.0 Å². The Morgan fingerprint density at radius 3 is 1.96 bits per heavy atom. The molecule has 0 aromatic heterocycles. The summed E-state index contributed by atoms with van der Waals surface area (Å²) in [4.78, 5) is 12.5. The van der Waals surface area contributed by atoms with Gasteiger partial charge in [-0.1, -0.05) is 26.0 Å². The Hall–Kier alpha value is -1.40. The number of hydrogen-bond donors (Lipinski definition) is 2. The van der Waals surface area contributed by atoms with Crippen LogP contribution in [0.5, 0.6) is 0 Å². The van der Waals surface area contributed by atoms with Gasteiger partial charge in [-0.2, -0.15) is 0 Å². The van der Waals surface area contributed by atoms with Crippen LogP contribution in [0.25, 0.3) is 0 Å². The molecule has 0 unspecified atom stereocenters. The minimum Gasteiger partial charge on any atom is -0.329 e. The zero-order chi connectivity index (χ0) is 18.6. The predicted octanol–water partition coefficient (Wildman–Crippen LogP) is 3.10. The molecule has 0 heterocycles. The highest BCUT2D eigenvalue weighted by molar-refractivity contribution is 7.91. The topological polar surface area (TPSA) is 89.3 Å². The molecule has 136 valence electrons. The summed E-state index contributed by atoms with van der Waals surface area (Å²) in [6, 6.07) is 6.94. The number of amides is 1. The van der Waals surface area contributed by atoms with Crippen LogP contribution in [0.3, 0.4) is 0 Å². The fraction of sp³-hybridized carbons (Fsp3) is 0.611. The normalized spacial score (nSPS) is 12.9. The fourth-order valence-corrected chi connectivity index (χ4v) is 3.40. The second-order valence-corrected chi connectivity index (χ2v) is 9.96. The van der Waals surface area contributed by atoms with Crippen molar-refractivity contribution < 1.29 is 13.2 Å². The van der Waals surface area contributed by atoms with Crippen molar-refractivity contribution in [3.63, 3.8) is 0 Å². The molecular formula is C18H30N2O3S. The van der Waals surface area contributed by atoms with Crippen LogP contribution in [-0.4, -0.2) is 25.6 Å². The molecule has 0 saturated carbocycles. The van der Waals surface area contributed by atoms with Crippen LogP contribution in [-0.2, 0) is 20.4 Å². The zero-order valence-electron chi connectivity index (χ0n) is 15.3. The minimum atomic E-state index is -3.23. The minimum absolute atomic E-state index is 0.0125. The molecule has 3 N–H and O–H groups in total. The van der Waals surface area contributed by atoms with Crippen molar-refractivity contribution in [3.8, 4) is 0 Å². The van der Waals surface area contributed by atoms with E-state index >= 15 is 0 Å². The van der Waals surface area contributed by atoms with Gasteiger partial charge in [-0.05, 0) is 51.3 Å². The molecule has 0 aliphatic carbocycles. The summed E-state index contributed by atoms with van der Waals surface area (Å²) >= 11 is 0. The maximum absolute atomic E-state index is 12.5. The number of carbonyl (C=O) groups is 1. The lowest BCUT2D eigenvalue weighted by Gasteiger charge is -2.28. The van der Waals surface area contributed by atoms with E-state index in [4.69, 9.17) is 5.73 Å². The van der Waals surface area contributed by atoms with Gasteiger partial charge in [0.05, 0.1) is 15.9 Å². The smallest absolute Gasteiger partial charge is 0.231 e. The standard InChI is InChI=1S/C18H30N2O3S/c1-6-18(7-2,13-19)16(21)20-15-10-8-14(9-11-15)12-24(22,23)17(3,4)5/h8-11H,6-7,12-13,19H2,1-5H3,(H,20,21). The molecule has 6 heteroatoms. The molecule has 1 aromatic carbocycles. The van der Waals surface area contributed by atoms with E-state index in [-0.39, 0.29) is 11.7 Å². The monoisotopic (exact) mass is 354 g/mol. The molecule has 0 fully saturated rings. The van der Waals surface area contributed by atoms with E-state index in [0.29, 0.717) is 30.6 Å². The van der Waals surface area contributed by atoms with E-state index in [2.05, 4.69) is 5.32 Å². The van der Waals surface area contributed by atoms with E-state index in [1.807, 2.05) is 13.8 Å². The molecule has 0 atom stereocenters. The third-order valence-corrected chi connectivity index (χ3v) is 7.31. The molecule has 0 saturated heterocycles. The SMILES string of the molecule is CCC(CC)(CN)C(=O)Nc1ccc(CS(=O)(=O)C(C)(C)C)cc1. The molecule has 0 aliphatic heterocycles. The van der Waals surface area contributed by atoms with E-state index in [9.17, 15) is 13.2 Å². The average molecular weight is 355 g/mol. The Labute approximate surface area is 145 Å². The lowest BCUT2D eigenvalue weighted by molar-refractivity contribution is -0.125. The van der Waals surface area contributed by atoms with Gasteiger partial charge < -0.3 is 11.1 Å². The largest absolute Gasteiger partial charge is 0.329 e. The molecule has 1 rings (SSSR count). The van der Waals surface area contributed by atoms with Crippen LogP contribution in [0.1, 0.15) is 53.0 Å². The van der Waals surface area contributed by atoms with Crippen LogP contribution in [0.15, 0.2) is 24.3 Å². The highest BCUT2D eigenvalue weighted by Gasteiger charge is 2.33. The summed E-state index contributed by atoms with van der Waals surface area (Å²) in [6.07, 6.45) is 1.35. The Bertz CT molecular complexity index is 646. The molecule has 1 amide bonds. The van der Waals surface area contributed by atoms with E-state index in [1.165, 1.54) is 0 Å². The van der Waals surface area contributed by atoms with Crippen molar-refractivity contribution in [2.45, 2.75) is 58.0 Å². The van der Waals surface area contributed by atoms with Crippen molar-refractivity contribution >= 4 is 21.4 Å². The van der Waals surface area contributed by atoms with Crippen LogP contribution in [0.2, 0.25) is 0 Å². The van der Waals surface area contributed by atoms with Gasteiger partial charge in [0.15, 0.2) is 9.84 Å². The Kier molecular flexibility index (Phi) is 6.59. The van der Waals surface area contributed by atoms with E-state index in [1.54, 1.807) is 45.0 Å². The molecule has 0 bridgehead atoms. The summed E-state index contributed by atoms with van der Waals surface area (Å²) < 4.78 is 23.7. The van der Waals surface area contributed by atoms with Gasteiger partial charge in [0, 0.05) is 12.2 Å². The number of rotatable bonds is 7. The van der Waals surface area contributed by atoms with Gasteiger partial charge in [0.25, 0.3) is 0 Å². The van der Waals surface area contributed by atoms with E-state index in [0.717, 1.165) is 0 Å². The maximum Gasteiger partial charge on any atom is 0.231 e. The first-order valence-electron chi connectivity index (χ1n) is 8.34. The third kappa shape index (κ3) is 4.57. The van der Waals surface area contributed by atoms with Crippen molar-refractivity contribution in [1.82, 2.24) is 0 Å². The highest BCUT2D eigenvalue weighted by atomic mass is 32.2. The van der Waals surface area contributed by atoms with Gasteiger partial charge in [0.1, 0.15) is 0 Å². The predicted molar refractivity (Wildman–Crippen MR) is 99.5 cm³/mol. The summed E-state index contributed by atoms with van der Waals surface area (Å²) in [6.45, 7) is 9.29. The summed E-state index contributed by atoms with van der Waals surface area (Å²) in [5.41, 5.74) is 6.59. The lowest BCUT2D eigenvalue weighted by atomic mass is 9.81. The van der Waals surface area contributed by atoms with Crippen molar-refractivity contribution in [1.29, 1.82) is 0 Å². The Balaban J connectivity index is 2.88. The van der Waals surface area contributed by atoms with Crippen LogP contribution >= 0.6 is 0 Å². The number of sulfone groups is 1. The van der Waals surface area contributed by atoms with Crippen LogP contribution < -0.4 is 11.1 Å². The summed E-state index contributed by atoms with van der Waals surface area (Å²) in [7, 11) is -3.23. The Morgan fingerprint density at radius 2 is 1.58 bits per heavy atom. The number of hydrogen-bond acceptors (Lipinski definition) is 4. The number of nitrogens with two attached hydrogens (primary N) is 1. The number of nitrogens with one attached hydrogen (secondary N) is 1. The van der Waals surface area contributed by atoms with Crippen LogP contribution in [0.4, 0.5) is 5.69 Å². The quantitative estimate of drug-likeness (QED) is 0.787. The van der Waals surface area contributed by atoms with Crippen LogP contribution in [0, 0.1) is 5.41 Å². The summed E-state index contributed by atoms with van der Waals surface area (Å²) in [5.74, 6) is -0.105. The first-order chi connectivity index (χ1) is 11.0. The zero-order valence-corrected chi connectivity index (χ0v) is 16.2. The van der Waals surface area contributed by atoms with Crippen molar-refractivity contribution in [2.75, 3.05) is 11.9 Å². The van der Waals surface area contributed by atoms with Gasteiger partial charge in [-0.15, -0.1) is 0 Å². The average Bonchev–Trinajstić information content (AvgIpc) is 2.50. The molecule has 5 nitrogen and oxygen atoms in total. The molecular weight excluding hydrogens is 324 g/mol. The second kappa shape index (κ2) is 7.66. The maximum atomic E-state index is 12.5. The van der Waals surface area contributed by atoms with Crippen molar-refractivity contribution in [2.24, 2.45) is 11.1 Å². The molecule has 0 aliphatic rings. The second-order valence-electron chi connectivity index (χ2n) is 7.21. The Morgan fingerprint density at radius 1 is 1.08 bits per heavy atom. The number of benzene rings is 1. The van der Waals surface area contributed by atoms with Gasteiger partial charge in [-0.25, -0.2) is 8.42 Å².